The van der Waals surface area contributed by atoms with Crippen LogP contribution in [0, 0.1) is 0 Å². The van der Waals surface area contributed by atoms with Crippen LogP contribution < -0.4 is 5.32 Å². The van der Waals surface area contributed by atoms with Gasteiger partial charge in [0.2, 0.25) is 0 Å². The highest BCUT2D eigenvalue weighted by molar-refractivity contribution is 4.77. The van der Waals surface area contributed by atoms with Gasteiger partial charge >= 0.3 is 0 Å². The molecule has 1 N–H and O–H groups in total. The van der Waals surface area contributed by atoms with E-state index >= 15 is 0 Å². The first-order valence-electron chi connectivity index (χ1n) is 3.75. The summed E-state index contributed by atoms with van der Waals surface area (Å²) in [6.07, 6.45) is 1.32. The third-order valence-electron chi connectivity index (χ3n) is 1.88. The van der Waals surface area contributed by atoms with Gasteiger partial charge in [0, 0.05) is 14.0 Å². The van der Waals surface area contributed by atoms with Crippen molar-refractivity contribution >= 4 is 0 Å². The van der Waals surface area contributed by atoms with Crippen molar-refractivity contribution in [2.24, 2.45) is 0 Å². The summed E-state index contributed by atoms with van der Waals surface area (Å²) in [6.45, 7) is 5.77. The monoisotopic (exact) mass is 130 g/mol. The molecular formula is C7H18N2. The normalized spacial score (nSPS) is 29.3. The van der Waals surface area contributed by atoms with E-state index in [4.69, 9.17) is 0 Å². The fourth-order valence-electron chi connectivity index (χ4n) is 1.39. The minimum absolute atomic E-state index is 0. The molecule has 0 radical (unpaired) electrons. The second-order valence-electron chi connectivity index (χ2n) is 2.81. The molecular weight excluding hydrogens is 112 g/mol. The zero-order chi connectivity index (χ0) is 6.69. The summed E-state index contributed by atoms with van der Waals surface area (Å²) in [4.78, 5) is 2.37. The van der Waals surface area contributed by atoms with Crippen LogP contribution in [-0.4, -0.2) is 37.6 Å². The van der Waals surface area contributed by atoms with Crippen LogP contribution in [0.1, 0.15) is 14.8 Å². The van der Waals surface area contributed by atoms with Crippen LogP contribution in [0.4, 0.5) is 0 Å². The molecule has 1 aliphatic heterocycles. The summed E-state index contributed by atoms with van der Waals surface area (Å²) in [5.41, 5.74) is 0. The van der Waals surface area contributed by atoms with Gasteiger partial charge in [-0.3, -0.25) is 0 Å². The lowest BCUT2D eigenvalue weighted by Crippen LogP contribution is -2.30. The van der Waals surface area contributed by atoms with E-state index in [9.17, 15) is 0 Å². The van der Waals surface area contributed by atoms with Gasteiger partial charge in [0.15, 0.2) is 0 Å². The number of likely N-dealkylation sites (tertiary alicyclic amines) is 1. The van der Waals surface area contributed by atoms with Crippen molar-refractivity contribution in [3.8, 4) is 0 Å². The Hall–Kier alpha value is -0.0800. The molecule has 0 saturated carbocycles. The van der Waals surface area contributed by atoms with E-state index in [-0.39, 0.29) is 1.43 Å². The van der Waals surface area contributed by atoms with Crippen molar-refractivity contribution in [2.75, 3.05) is 26.7 Å². The highest BCUT2D eigenvalue weighted by atomic mass is 15.2. The Kier molecular flexibility index (Phi) is 2.49. The average molecular weight is 130 g/mol. The highest BCUT2D eigenvalue weighted by Crippen LogP contribution is 2.04. The molecule has 0 aromatic heterocycles. The van der Waals surface area contributed by atoms with Gasteiger partial charge in [0.1, 0.15) is 0 Å². The van der Waals surface area contributed by atoms with E-state index in [2.05, 4.69) is 24.2 Å². The second-order valence-corrected chi connectivity index (χ2v) is 2.81. The lowest BCUT2D eigenvalue weighted by Gasteiger charge is -2.09. The Morgan fingerprint density at radius 3 is 3.00 bits per heavy atom. The van der Waals surface area contributed by atoms with Crippen LogP contribution in [-0.2, 0) is 0 Å². The molecule has 9 heavy (non-hydrogen) atoms. The van der Waals surface area contributed by atoms with Crippen LogP contribution in [0.2, 0.25) is 0 Å². The van der Waals surface area contributed by atoms with Gasteiger partial charge in [0.25, 0.3) is 0 Å². The van der Waals surface area contributed by atoms with Crippen molar-refractivity contribution in [3.63, 3.8) is 0 Å². The fourth-order valence-corrected chi connectivity index (χ4v) is 1.39. The maximum atomic E-state index is 3.43. The van der Waals surface area contributed by atoms with Crippen LogP contribution in [0.5, 0.6) is 0 Å². The molecule has 0 bridgehead atoms. The zero-order valence-electron chi connectivity index (χ0n) is 6.35. The van der Waals surface area contributed by atoms with Gasteiger partial charge in [-0.1, -0.05) is 6.92 Å². The summed E-state index contributed by atoms with van der Waals surface area (Å²) >= 11 is 0. The number of nitrogens with zero attached hydrogens (tertiary/aromatic N) is 1. The van der Waals surface area contributed by atoms with Gasteiger partial charge in [0.05, 0.1) is 0 Å². The fraction of sp³-hybridized carbons (Fsp3) is 1.00. The molecule has 0 aromatic rings. The van der Waals surface area contributed by atoms with Crippen molar-refractivity contribution in [1.82, 2.24) is 10.2 Å². The Bertz CT molecular complexity index is 85.7. The van der Waals surface area contributed by atoms with Crippen molar-refractivity contribution < 1.29 is 1.43 Å². The Morgan fingerprint density at radius 1 is 1.78 bits per heavy atom. The molecule has 1 aliphatic rings. The molecule has 0 spiro atoms. The average Bonchev–Trinajstić information content (AvgIpc) is 2.17. The summed E-state index contributed by atoms with van der Waals surface area (Å²) in [7, 11) is 2.18. The maximum absolute atomic E-state index is 3.43. The third-order valence-corrected chi connectivity index (χ3v) is 1.88. The van der Waals surface area contributed by atoms with Crippen LogP contribution >= 0.6 is 0 Å². The third kappa shape index (κ3) is 1.95. The zero-order valence-corrected chi connectivity index (χ0v) is 6.35. The molecule has 1 unspecified atom stereocenters. The topological polar surface area (TPSA) is 15.3 Å². The van der Waals surface area contributed by atoms with E-state index < -0.39 is 0 Å². The molecule has 56 valence electrons. The molecule has 0 aliphatic carbocycles. The van der Waals surface area contributed by atoms with Gasteiger partial charge in [-0.25, -0.2) is 0 Å². The molecule has 1 saturated heterocycles. The number of nitrogens with one attached hydrogen (secondary N) is 1. The number of hydrogen-bond donors (Lipinski definition) is 1. The van der Waals surface area contributed by atoms with Gasteiger partial charge in [-0.15, -0.1) is 0 Å². The van der Waals surface area contributed by atoms with E-state index in [0.29, 0.717) is 0 Å². The Balaban J connectivity index is 0.000000810. The molecule has 2 nitrogen and oxygen atoms in total. The van der Waals surface area contributed by atoms with Gasteiger partial charge in [-0.2, -0.15) is 0 Å². The predicted molar refractivity (Wildman–Crippen MR) is 41.7 cm³/mol. The van der Waals surface area contributed by atoms with Crippen molar-refractivity contribution in [1.29, 1.82) is 0 Å². The predicted octanol–water partition coefficient (Wildman–Crippen LogP) is 0.546. The van der Waals surface area contributed by atoms with E-state index in [0.717, 1.165) is 12.6 Å². The quantitative estimate of drug-likeness (QED) is 0.587. The number of hydrogen-bond acceptors (Lipinski definition) is 2. The molecule has 2 heteroatoms. The lowest BCUT2D eigenvalue weighted by molar-refractivity contribution is 0.400. The van der Waals surface area contributed by atoms with Crippen molar-refractivity contribution in [3.05, 3.63) is 0 Å². The molecule has 1 fully saturated rings. The first-order valence-corrected chi connectivity index (χ1v) is 3.75. The van der Waals surface area contributed by atoms with E-state index in [1.807, 2.05) is 0 Å². The first-order chi connectivity index (χ1) is 4.33. The summed E-state index contributed by atoms with van der Waals surface area (Å²) in [5, 5.41) is 3.43. The largest absolute Gasteiger partial charge is 0.313 e. The van der Waals surface area contributed by atoms with Gasteiger partial charge in [-0.05, 0) is 26.6 Å². The minimum Gasteiger partial charge on any atom is -0.313 e. The minimum atomic E-state index is 0. The Labute approximate surface area is 58.7 Å². The van der Waals surface area contributed by atoms with E-state index in [1.54, 1.807) is 0 Å². The number of likely N-dealkylation sites (N-methyl/N-ethyl adjacent to an activating group) is 2. The van der Waals surface area contributed by atoms with Gasteiger partial charge < -0.3 is 10.2 Å². The van der Waals surface area contributed by atoms with Crippen LogP contribution in [0.3, 0.4) is 0 Å². The molecule has 1 heterocycles. The summed E-state index contributed by atoms with van der Waals surface area (Å²) in [6, 6.07) is 0.764. The first kappa shape index (κ1) is 7.03. The summed E-state index contributed by atoms with van der Waals surface area (Å²) < 4.78 is 0. The van der Waals surface area contributed by atoms with Crippen LogP contribution in [0.25, 0.3) is 0 Å². The Morgan fingerprint density at radius 2 is 2.56 bits per heavy atom. The van der Waals surface area contributed by atoms with Crippen molar-refractivity contribution in [2.45, 2.75) is 19.4 Å². The smallest absolute Gasteiger partial charge is 0.0206 e. The molecule has 0 aromatic carbocycles. The second kappa shape index (κ2) is 3.18. The standard InChI is InChI=1S/C7H16N2.H2/c1-3-8-7-4-5-9(2)6-7;/h7-8H,3-6H2,1-2H3;1H. The van der Waals surface area contributed by atoms with E-state index in [1.165, 1.54) is 19.5 Å². The molecule has 0 amide bonds. The highest BCUT2D eigenvalue weighted by Gasteiger charge is 2.17. The summed E-state index contributed by atoms with van der Waals surface area (Å²) in [5.74, 6) is 0. The lowest BCUT2D eigenvalue weighted by atomic mass is 10.3. The van der Waals surface area contributed by atoms with Crippen LogP contribution in [0.15, 0.2) is 0 Å². The number of rotatable bonds is 2. The molecule has 1 rings (SSSR count). The SMILES string of the molecule is CCNC1CCN(C)C1.[HH]. The maximum Gasteiger partial charge on any atom is 0.0206 e. The molecule has 1 atom stereocenters.